The Bertz CT molecular complexity index is 851. The predicted molar refractivity (Wildman–Crippen MR) is 113 cm³/mol. The summed E-state index contributed by atoms with van der Waals surface area (Å²) >= 11 is 0. The fourth-order valence-corrected chi connectivity index (χ4v) is 3.34. The van der Waals surface area contributed by atoms with E-state index >= 15 is 0 Å². The smallest absolute Gasteiger partial charge is 0.475 e. The summed E-state index contributed by atoms with van der Waals surface area (Å²) in [6.45, 7) is 5.85. The summed E-state index contributed by atoms with van der Waals surface area (Å²) in [6.07, 6.45) is 0.977. The molecule has 2 aliphatic rings. The van der Waals surface area contributed by atoms with E-state index in [1.54, 1.807) is 6.08 Å². The van der Waals surface area contributed by atoms with Crippen molar-refractivity contribution in [2.45, 2.75) is 51.4 Å². The standard InChI is InChI=1S/C20H27N3O2.C2HF3O2/c1-14(2)13-16(22-20(25)17-9-11-21-17)7-8-19(24)23-12-10-15-5-3-4-6-18(15)23;3-2(4,5)1(6)7/h3-8,14,16-17,21H,9-13H2,1-2H3,(H,22,25);(H,6,7)/t16-,17+;/m1./s1. The number of hydrogen-bond acceptors (Lipinski definition) is 4. The molecule has 1 fully saturated rings. The first-order valence-corrected chi connectivity index (χ1v) is 10.4. The third kappa shape index (κ3) is 7.37. The average molecular weight is 455 g/mol. The minimum Gasteiger partial charge on any atom is -0.475 e. The van der Waals surface area contributed by atoms with Crippen LogP contribution in [-0.2, 0) is 20.8 Å². The van der Waals surface area contributed by atoms with Crippen molar-refractivity contribution in [1.29, 1.82) is 0 Å². The van der Waals surface area contributed by atoms with Crippen LogP contribution in [0.3, 0.4) is 0 Å². The normalized spacial score (nSPS) is 18.4. The van der Waals surface area contributed by atoms with E-state index in [2.05, 4.69) is 30.5 Å². The van der Waals surface area contributed by atoms with E-state index in [1.165, 1.54) is 5.56 Å². The molecule has 3 N–H and O–H groups in total. The molecular formula is C22H28F3N3O4. The minimum absolute atomic E-state index is 0.0188. The number of fused-ring (bicyclic) bond motifs is 1. The number of anilines is 1. The first-order chi connectivity index (χ1) is 15.0. The highest BCUT2D eigenvalue weighted by Crippen LogP contribution is 2.27. The number of nitrogens with zero attached hydrogens (tertiary/aromatic N) is 1. The third-order valence-electron chi connectivity index (χ3n) is 5.06. The van der Waals surface area contributed by atoms with Crippen LogP contribution in [-0.4, -0.2) is 54.2 Å². The molecule has 1 aromatic carbocycles. The molecule has 0 aliphatic carbocycles. The van der Waals surface area contributed by atoms with Crippen molar-refractivity contribution in [2.24, 2.45) is 5.92 Å². The Morgan fingerprint density at radius 2 is 1.91 bits per heavy atom. The van der Waals surface area contributed by atoms with E-state index < -0.39 is 12.1 Å². The molecule has 2 atom stereocenters. The van der Waals surface area contributed by atoms with Crippen molar-refractivity contribution in [3.05, 3.63) is 42.0 Å². The van der Waals surface area contributed by atoms with E-state index in [1.807, 2.05) is 29.2 Å². The van der Waals surface area contributed by atoms with Gasteiger partial charge in [-0.15, -0.1) is 0 Å². The lowest BCUT2D eigenvalue weighted by molar-refractivity contribution is -0.192. The Hall–Kier alpha value is -2.88. The van der Waals surface area contributed by atoms with Gasteiger partial charge in [-0.2, -0.15) is 13.2 Å². The number of carboxylic acids is 1. The van der Waals surface area contributed by atoms with Crippen molar-refractivity contribution in [2.75, 3.05) is 18.0 Å². The fraction of sp³-hybridized carbons (Fsp3) is 0.500. The molecule has 0 saturated carbocycles. The van der Waals surface area contributed by atoms with Gasteiger partial charge < -0.3 is 20.6 Å². The van der Waals surface area contributed by atoms with Crippen LogP contribution in [0.2, 0.25) is 0 Å². The van der Waals surface area contributed by atoms with Gasteiger partial charge in [0.15, 0.2) is 0 Å². The number of carboxylic acid groups (broad SMARTS) is 1. The molecule has 7 nitrogen and oxygen atoms in total. The quantitative estimate of drug-likeness (QED) is 0.573. The number of para-hydroxylation sites is 1. The monoisotopic (exact) mass is 455 g/mol. The Morgan fingerprint density at radius 1 is 1.28 bits per heavy atom. The van der Waals surface area contributed by atoms with Gasteiger partial charge >= 0.3 is 12.1 Å². The third-order valence-corrected chi connectivity index (χ3v) is 5.06. The van der Waals surface area contributed by atoms with Gasteiger partial charge in [-0.25, -0.2) is 4.79 Å². The summed E-state index contributed by atoms with van der Waals surface area (Å²) in [4.78, 5) is 35.5. The zero-order valence-electron chi connectivity index (χ0n) is 18.0. The number of aliphatic carboxylic acids is 1. The topological polar surface area (TPSA) is 98.7 Å². The van der Waals surface area contributed by atoms with Gasteiger partial charge in [-0.05, 0) is 43.4 Å². The van der Waals surface area contributed by atoms with Crippen LogP contribution < -0.4 is 15.5 Å². The lowest BCUT2D eigenvalue weighted by Crippen LogP contribution is -2.55. The second-order valence-electron chi connectivity index (χ2n) is 8.07. The molecule has 32 heavy (non-hydrogen) atoms. The highest BCUT2D eigenvalue weighted by molar-refractivity contribution is 6.03. The van der Waals surface area contributed by atoms with Gasteiger partial charge in [0, 0.05) is 24.4 Å². The predicted octanol–water partition coefficient (Wildman–Crippen LogP) is 2.66. The van der Waals surface area contributed by atoms with E-state index in [-0.39, 0.29) is 23.9 Å². The number of carbonyl (C=O) groups is 3. The van der Waals surface area contributed by atoms with Crippen LogP contribution in [0.1, 0.15) is 32.3 Å². The van der Waals surface area contributed by atoms with Crippen LogP contribution in [0, 0.1) is 5.92 Å². The number of halogens is 3. The lowest BCUT2D eigenvalue weighted by Gasteiger charge is -2.28. The van der Waals surface area contributed by atoms with Crippen molar-refractivity contribution in [3.63, 3.8) is 0 Å². The van der Waals surface area contributed by atoms with Gasteiger partial charge in [-0.1, -0.05) is 38.1 Å². The highest BCUT2D eigenvalue weighted by Gasteiger charge is 2.38. The summed E-state index contributed by atoms with van der Waals surface area (Å²) in [6, 6.07) is 7.83. The zero-order valence-corrected chi connectivity index (χ0v) is 18.0. The molecule has 0 unspecified atom stereocenters. The molecule has 3 rings (SSSR count). The summed E-state index contributed by atoms with van der Waals surface area (Å²) in [7, 11) is 0. The fourth-order valence-electron chi connectivity index (χ4n) is 3.34. The van der Waals surface area contributed by atoms with Gasteiger partial charge in [0.25, 0.3) is 5.91 Å². The van der Waals surface area contributed by atoms with Gasteiger partial charge in [0.1, 0.15) is 0 Å². The Kier molecular flexibility index (Phi) is 8.82. The van der Waals surface area contributed by atoms with Crippen LogP contribution in [0.4, 0.5) is 18.9 Å². The average Bonchev–Trinajstić information content (AvgIpc) is 3.08. The van der Waals surface area contributed by atoms with Crippen molar-refractivity contribution >= 4 is 23.5 Å². The number of hydrogen-bond donors (Lipinski definition) is 3. The summed E-state index contributed by atoms with van der Waals surface area (Å²) in [5, 5.41) is 13.3. The van der Waals surface area contributed by atoms with Crippen molar-refractivity contribution in [3.8, 4) is 0 Å². The Labute approximate surface area is 184 Å². The molecule has 0 radical (unpaired) electrons. The molecule has 0 aromatic heterocycles. The number of benzene rings is 1. The van der Waals surface area contributed by atoms with Crippen LogP contribution in [0.15, 0.2) is 36.4 Å². The Balaban J connectivity index is 0.000000451. The maximum atomic E-state index is 12.6. The second-order valence-corrected chi connectivity index (χ2v) is 8.07. The maximum absolute atomic E-state index is 12.6. The van der Waals surface area contributed by atoms with E-state index in [4.69, 9.17) is 9.90 Å². The van der Waals surface area contributed by atoms with E-state index in [0.29, 0.717) is 5.92 Å². The first kappa shape index (κ1) is 25.4. The van der Waals surface area contributed by atoms with Crippen LogP contribution in [0.25, 0.3) is 0 Å². The first-order valence-electron chi connectivity index (χ1n) is 10.4. The van der Waals surface area contributed by atoms with Crippen LogP contribution in [0.5, 0.6) is 0 Å². The molecule has 2 heterocycles. The largest absolute Gasteiger partial charge is 0.490 e. The zero-order chi connectivity index (χ0) is 23.9. The van der Waals surface area contributed by atoms with E-state index in [0.717, 1.165) is 38.0 Å². The number of amides is 2. The number of nitrogens with one attached hydrogen (secondary N) is 2. The molecule has 2 aliphatic heterocycles. The molecule has 2 amide bonds. The highest BCUT2D eigenvalue weighted by atomic mass is 19.4. The van der Waals surface area contributed by atoms with Gasteiger partial charge in [-0.3, -0.25) is 9.59 Å². The molecule has 1 saturated heterocycles. The number of carbonyl (C=O) groups excluding carboxylic acids is 2. The molecule has 176 valence electrons. The SMILES string of the molecule is CC(C)C[C@@H](C=CC(=O)N1CCc2ccccc21)NC(=O)[C@@H]1CCN1.O=C(O)C(F)(F)F. The van der Waals surface area contributed by atoms with Crippen molar-refractivity contribution in [1.82, 2.24) is 10.6 Å². The maximum Gasteiger partial charge on any atom is 0.490 e. The molecule has 0 spiro atoms. The molecule has 0 bridgehead atoms. The van der Waals surface area contributed by atoms with Gasteiger partial charge in [0.05, 0.1) is 6.04 Å². The van der Waals surface area contributed by atoms with Crippen LogP contribution >= 0.6 is 0 Å². The summed E-state index contributed by atoms with van der Waals surface area (Å²) < 4.78 is 31.7. The number of rotatable bonds is 6. The molecular weight excluding hydrogens is 427 g/mol. The van der Waals surface area contributed by atoms with Crippen molar-refractivity contribution < 1.29 is 32.7 Å². The lowest BCUT2D eigenvalue weighted by atomic mass is 10.0. The van der Waals surface area contributed by atoms with E-state index in [9.17, 15) is 22.8 Å². The second kappa shape index (κ2) is 11.1. The summed E-state index contributed by atoms with van der Waals surface area (Å²) in [5.74, 6) is -2.31. The number of alkyl halides is 3. The minimum atomic E-state index is -5.08. The molecule has 10 heteroatoms. The molecule has 1 aromatic rings. The van der Waals surface area contributed by atoms with Gasteiger partial charge in [0.2, 0.25) is 5.91 Å². The summed E-state index contributed by atoms with van der Waals surface area (Å²) in [5.41, 5.74) is 2.22. The Morgan fingerprint density at radius 3 is 2.44 bits per heavy atom.